The van der Waals surface area contributed by atoms with Gasteiger partial charge < -0.3 is 14.2 Å². The highest BCUT2D eigenvalue weighted by molar-refractivity contribution is 6.84. The van der Waals surface area contributed by atoms with Crippen molar-refractivity contribution in [1.29, 1.82) is 0 Å². The quantitative estimate of drug-likeness (QED) is 0.422. The van der Waals surface area contributed by atoms with Gasteiger partial charge in [0.15, 0.2) is 0 Å². The number of nitro groups is 1. The second-order valence-corrected chi connectivity index (χ2v) is 12.5. The van der Waals surface area contributed by atoms with Crippen LogP contribution in [-0.2, 0) is 10.5 Å². The molecule has 2 aromatic carbocycles. The standard InChI is InChI=1S/C20H23NO5Si/c1-24-17-10-11-18-14(12-17)13-19(27(3,4)5)20(25-2,26-18)15-6-8-16(9-7-15)21(22)23/h6-13H,1-5H3. The third-order valence-electron chi connectivity index (χ3n) is 4.68. The molecule has 1 unspecified atom stereocenters. The van der Waals surface area contributed by atoms with E-state index in [-0.39, 0.29) is 5.69 Å². The average Bonchev–Trinajstić information content (AvgIpc) is 2.65. The van der Waals surface area contributed by atoms with Gasteiger partial charge in [-0.15, -0.1) is 0 Å². The van der Waals surface area contributed by atoms with Crippen LogP contribution in [0.2, 0.25) is 19.6 Å². The van der Waals surface area contributed by atoms with Crippen LogP contribution in [0.4, 0.5) is 5.69 Å². The summed E-state index contributed by atoms with van der Waals surface area (Å²) in [4.78, 5) is 10.6. The summed E-state index contributed by atoms with van der Waals surface area (Å²) in [6, 6.07) is 12.0. The minimum atomic E-state index is -1.89. The average molecular weight is 385 g/mol. The third kappa shape index (κ3) is 3.35. The van der Waals surface area contributed by atoms with Crippen LogP contribution in [0, 0.1) is 10.1 Å². The van der Waals surface area contributed by atoms with Crippen LogP contribution in [0.15, 0.2) is 47.7 Å². The highest BCUT2D eigenvalue weighted by Crippen LogP contribution is 2.47. The van der Waals surface area contributed by atoms with E-state index in [2.05, 4.69) is 25.7 Å². The summed E-state index contributed by atoms with van der Waals surface area (Å²) in [7, 11) is 1.34. The van der Waals surface area contributed by atoms with Crippen molar-refractivity contribution in [2.24, 2.45) is 0 Å². The SMILES string of the molecule is COc1ccc2c(c1)C=C([Si](C)(C)C)C(OC)(c1ccc([N+](=O)[O-])cc1)O2. The molecule has 0 spiro atoms. The van der Waals surface area contributed by atoms with Crippen LogP contribution in [0.25, 0.3) is 6.08 Å². The minimum absolute atomic E-state index is 0.0319. The number of ether oxygens (including phenoxy) is 3. The molecule has 0 bridgehead atoms. The lowest BCUT2D eigenvalue weighted by atomic mass is 9.99. The van der Waals surface area contributed by atoms with Crippen molar-refractivity contribution >= 4 is 19.8 Å². The van der Waals surface area contributed by atoms with E-state index in [9.17, 15) is 10.1 Å². The van der Waals surface area contributed by atoms with Crippen LogP contribution >= 0.6 is 0 Å². The van der Waals surface area contributed by atoms with Gasteiger partial charge in [-0.3, -0.25) is 10.1 Å². The van der Waals surface area contributed by atoms with Gasteiger partial charge in [-0.2, -0.15) is 0 Å². The van der Waals surface area contributed by atoms with Gasteiger partial charge in [0.05, 0.1) is 20.1 Å². The van der Waals surface area contributed by atoms with E-state index < -0.39 is 18.8 Å². The van der Waals surface area contributed by atoms with Crippen molar-refractivity contribution in [3.63, 3.8) is 0 Å². The molecule has 1 aliphatic heterocycles. The molecular formula is C20H23NO5Si. The number of fused-ring (bicyclic) bond motifs is 1. The predicted octanol–water partition coefficient (Wildman–Crippen LogP) is 4.76. The number of nitro benzene ring substituents is 1. The van der Waals surface area contributed by atoms with Crippen molar-refractivity contribution in [1.82, 2.24) is 0 Å². The van der Waals surface area contributed by atoms with E-state index in [1.165, 1.54) is 12.1 Å². The Morgan fingerprint density at radius 3 is 2.26 bits per heavy atom. The first-order valence-electron chi connectivity index (χ1n) is 8.61. The first kappa shape index (κ1) is 19.1. The normalized spacial score (nSPS) is 18.9. The fourth-order valence-corrected chi connectivity index (χ4v) is 5.19. The third-order valence-corrected chi connectivity index (χ3v) is 6.77. The lowest BCUT2D eigenvalue weighted by molar-refractivity contribution is -0.384. The smallest absolute Gasteiger partial charge is 0.269 e. The van der Waals surface area contributed by atoms with Gasteiger partial charge in [-0.25, -0.2) is 0 Å². The maximum Gasteiger partial charge on any atom is 0.269 e. The number of hydrogen-bond acceptors (Lipinski definition) is 5. The molecule has 1 heterocycles. The Labute approximate surface area is 159 Å². The summed E-state index contributed by atoms with van der Waals surface area (Å²) >= 11 is 0. The predicted molar refractivity (Wildman–Crippen MR) is 107 cm³/mol. The van der Waals surface area contributed by atoms with E-state index >= 15 is 0 Å². The Morgan fingerprint density at radius 1 is 1.07 bits per heavy atom. The minimum Gasteiger partial charge on any atom is -0.497 e. The Bertz CT molecular complexity index is 902. The van der Waals surface area contributed by atoms with Crippen LogP contribution < -0.4 is 9.47 Å². The second-order valence-electron chi connectivity index (χ2n) is 7.44. The molecule has 2 aromatic rings. The molecule has 0 N–H and O–H groups in total. The zero-order valence-corrected chi connectivity index (χ0v) is 17.1. The summed E-state index contributed by atoms with van der Waals surface area (Å²) in [5.74, 6) is 0.322. The molecule has 6 nitrogen and oxygen atoms in total. The molecule has 1 atom stereocenters. The Hall–Kier alpha value is -2.64. The summed E-state index contributed by atoms with van der Waals surface area (Å²) in [5, 5.41) is 12.1. The molecule has 0 fully saturated rings. The maximum atomic E-state index is 11.0. The van der Waals surface area contributed by atoms with Gasteiger partial charge in [-0.05, 0) is 41.6 Å². The summed E-state index contributed by atoms with van der Waals surface area (Å²) in [5.41, 5.74) is 1.69. The fourth-order valence-electron chi connectivity index (χ4n) is 3.32. The fraction of sp³-hybridized carbons (Fsp3) is 0.300. The molecule has 1 aliphatic rings. The van der Waals surface area contributed by atoms with Crippen molar-refractivity contribution < 1.29 is 19.1 Å². The molecular weight excluding hydrogens is 362 g/mol. The molecule has 0 aromatic heterocycles. The monoisotopic (exact) mass is 385 g/mol. The first-order valence-corrected chi connectivity index (χ1v) is 12.1. The zero-order valence-electron chi connectivity index (χ0n) is 16.1. The van der Waals surface area contributed by atoms with E-state index in [0.717, 1.165) is 22.1 Å². The van der Waals surface area contributed by atoms with Crippen LogP contribution in [0.5, 0.6) is 11.5 Å². The van der Waals surface area contributed by atoms with Gasteiger partial charge in [0.2, 0.25) is 0 Å². The Kier molecular flexibility index (Phi) is 4.84. The van der Waals surface area contributed by atoms with Gasteiger partial charge in [0.1, 0.15) is 11.5 Å². The van der Waals surface area contributed by atoms with Crippen molar-refractivity contribution in [3.8, 4) is 11.5 Å². The lowest BCUT2D eigenvalue weighted by Gasteiger charge is -2.43. The number of benzene rings is 2. The molecule has 0 saturated heterocycles. The molecule has 0 amide bonds. The Morgan fingerprint density at radius 2 is 1.74 bits per heavy atom. The summed E-state index contributed by atoms with van der Waals surface area (Å²) in [6.07, 6.45) is 2.11. The molecule has 0 aliphatic carbocycles. The molecule has 142 valence electrons. The van der Waals surface area contributed by atoms with Crippen LogP contribution in [-0.4, -0.2) is 27.2 Å². The molecule has 27 heavy (non-hydrogen) atoms. The maximum absolute atomic E-state index is 11.0. The molecule has 0 radical (unpaired) electrons. The number of nitrogens with zero attached hydrogens (tertiary/aromatic N) is 1. The van der Waals surface area contributed by atoms with E-state index in [1.807, 2.05) is 18.2 Å². The number of hydrogen-bond donors (Lipinski definition) is 0. The van der Waals surface area contributed by atoms with Gasteiger partial charge in [0.25, 0.3) is 11.5 Å². The van der Waals surface area contributed by atoms with Crippen molar-refractivity contribution in [3.05, 3.63) is 68.9 Å². The number of methoxy groups -OCH3 is 2. The van der Waals surface area contributed by atoms with Gasteiger partial charge >= 0.3 is 0 Å². The molecule has 0 saturated carbocycles. The summed E-state index contributed by atoms with van der Waals surface area (Å²) < 4.78 is 17.7. The lowest BCUT2D eigenvalue weighted by Crippen LogP contribution is -2.47. The highest BCUT2D eigenvalue weighted by Gasteiger charge is 2.47. The van der Waals surface area contributed by atoms with Crippen molar-refractivity contribution in [2.75, 3.05) is 14.2 Å². The first-order chi connectivity index (χ1) is 12.7. The molecule has 7 heteroatoms. The number of rotatable bonds is 5. The van der Waals surface area contributed by atoms with Crippen LogP contribution in [0.3, 0.4) is 0 Å². The van der Waals surface area contributed by atoms with Gasteiger partial charge in [-0.1, -0.05) is 19.6 Å². The zero-order chi connectivity index (χ0) is 19.8. The van der Waals surface area contributed by atoms with E-state index in [1.54, 1.807) is 26.4 Å². The van der Waals surface area contributed by atoms with Crippen molar-refractivity contribution in [2.45, 2.75) is 25.4 Å². The summed E-state index contributed by atoms with van der Waals surface area (Å²) in [6.45, 7) is 6.64. The Balaban J connectivity index is 2.20. The van der Waals surface area contributed by atoms with E-state index in [4.69, 9.17) is 14.2 Å². The molecule has 3 rings (SSSR count). The van der Waals surface area contributed by atoms with E-state index in [0.29, 0.717) is 5.75 Å². The highest BCUT2D eigenvalue weighted by atomic mass is 28.3. The largest absolute Gasteiger partial charge is 0.497 e. The van der Waals surface area contributed by atoms with Crippen LogP contribution in [0.1, 0.15) is 11.1 Å². The van der Waals surface area contributed by atoms with Gasteiger partial charge in [0, 0.05) is 30.4 Å². The second kappa shape index (κ2) is 6.83. The number of non-ortho nitro benzene ring substituents is 1. The topological polar surface area (TPSA) is 70.8 Å².